The zero-order valence-corrected chi connectivity index (χ0v) is 10.8. The van der Waals surface area contributed by atoms with E-state index in [-0.39, 0.29) is 11.5 Å². The van der Waals surface area contributed by atoms with Crippen molar-refractivity contribution < 1.29 is 14.3 Å². The lowest BCUT2D eigenvalue weighted by molar-refractivity contribution is -0.135. The Bertz CT molecular complexity index is 355. The molecule has 1 unspecified atom stereocenters. The van der Waals surface area contributed by atoms with Gasteiger partial charge in [-0.25, -0.2) is 0 Å². The summed E-state index contributed by atoms with van der Waals surface area (Å²) in [4.78, 5) is 10.3. The van der Waals surface area contributed by atoms with Gasteiger partial charge in [0.15, 0.2) is 0 Å². The van der Waals surface area contributed by atoms with Crippen LogP contribution in [-0.4, -0.2) is 36.5 Å². The molecule has 1 heterocycles. The molecule has 1 aromatic heterocycles. The predicted molar refractivity (Wildman–Crippen MR) is 63.8 cm³/mol. The summed E-state index contributed by atoms with van der Waals surface area (Å²) < 4.78 is 9.91. The Morgan fingerprint density at radius 1 is 1.53 bits per heavy atom. The molecule has 0 radical (unpaired) electrons. The highest BCUT2D eigenvalue weighted by atomic mass is 16.6. The third-order valence-electron chi connectivity index (χ3n) is 2.45. The molecule has 17 heavy (non-hydrogen) atoms. The van der Waals surface area contributed by atoms with Crippen LogP contribution < -0.4 is 0 Å². The summed E-state index contributed by atoms with van der Waals surface area (Å²) in [5, 5.41) is 7.21. The molecule has 0 aliphatic heterocycles. The smallest absolute Gasteiger partial charge is 0.293 e. The van der Waals surface area contributed by atoms with Gasteiger partial charge in [0.1, 0.15) is 6.10 Å². The molecule has 5 nitrogen and oxygen atoms in total. The van der Waals surface area contributed by atoms with Crippen LogP contribution in [0.2, 0.25) is 0 Å². The molecular weight excluding hydrogens is 220 g/mol. The minimum atomic E-state index is -0.272. The van der Waals surface area contributed by atoms with Crippen LogP contribution in [0.25, 0.3) is 0 Å². The van der Waals surface area contributed by atoms with E-state index in [1.165, 1.54) is 0 Å². The van der Waals surface area contributed by atoms with Crippen LogP contribution >= 0.6 is 0 Å². The molecule has 0 aliphatic rings. The maximum Gasteiger partial charge on any atom is 0.293 e. The van der Waals surface area contributed by atoms with E-state index in [0.29, 0.717) is 19.5 Å². The number of nitrogens with one attached hydrogen (secondary N) is 1. The molecule has 1 atom stereocenters. The van der Waals surface area contributed by atoms with E-state index < -0.39 is 0 Å². The summed E-state index contributed by atoms with van der Waals surface area (Å²) in [5.74, 6) is 0. The second-order valence-corrected chi connectivity index (χ2v) is 5.04. The number of hydrogen-bond donors (Lipinski definition) is 1. The Morgan fingerprint density at radius 2 is 2.24 bits per heavy atom. The first-order valence-corrected chi connectivity index (χ1v) is 5.60. The third kappa shape index (κ3) is 4.19. The van der Waals surface area contributed by atoms with Crippen molar-refractivity contribution in [1.29, 1.82) is 0 Å². The molecule has 1 N–H and O–H groups in total. The van der Waals surface area contributed by atoms with Crippen LogP contribution in [0.3, 0.4) is 0 Å². The zero-order chi connectivity index (χ0) is 12.9. The first-order chi connectivity index (χ1) is 7.97. The van der Waals surface area contributed by atoms with Gasteiger partial charge < -0.3 is 9.47 Å². The summed E-state index contributed by atoms with van der Waals surface area (Å²) in [5.41, 5.74) is 1.95. The zero-order valence-electron chi connectivity index (χ0n) is 10.8. The first-order valence-electron chi connectivity index (χ1n) is 5.60. The van der Waals surface area contributed by atoms with E-state index in [1.807, 2.05) is 6.07 Å². The molecule has 0 spiro atoms. The number of ether oxygens (including phenoxy) is 2. The van der Waals surface area contributed by atoms with Crippen LogP contribution in [0.15, 0.2) is 6.07 Å². The van der Waals surface area contributed by atoms with Crippen LogP contribution in [-0.2, 0) is 26.1 Å². The van der Waals surface area contributed by atoms with Crippen LogP contribution in [0, 0.1) is 0 Å². The van der Waals surface area contributed by atoms with Crippen LogP contribution in [0.5, 0.6) is 0 Å². The van der Waals surface area contributed by atoms with Crippen molar-refractivity contribution in [2.24, 2.45) is 0 Å². The molecule has 0 saturated carbocycles. The number of methoxy groups -OCH3 is 1. The van der Waals surface area contributed by atoms with Crippen molar-refractivity contribution in [3.8, 4) is 0 Å². The molecule has 0 bridgehead atoms. The SMILES string of the molecule is COCC(Cc1cc(C(C)(C)C)n[nH]1)OC=O. The number of rotatable bonds is 6. The second kappa shape index (κ2) is 5.82. The van der Waals surface area contributed by atoms with Crippen LogP contribution in [0.4, 0.5) is 0 Å². The predicted octanol–water partition coefficient (Wildman–Crippen LogP) is 1.44. The molecular formula is C12H20N2O3. The summed E-state index contributed by atoms with van der Waals surface area (Å²) in [7, 11) is 1.58. The van der Waals surface area contributed by atoms with Gasteiger partial charge in [-0.1, -0.05) is 20.8 Å². The molecule has 1 aromatic rings. The molecule has 0 aromatic carbocycles. The number of carbonyl (C=O) groups is 1. The highest BCUT2D eigenvalue weighted by Crippen LogP contribution is 2.20. The second-order valence-electron chi connectivity index (χ2n) is 5.04. The van der Waals surface area contributed by atoms with E-state index in [9.17, 15) is 4.79 Å². The fraction of sp³-hybridized carbons (Fsp3) is 0.667. The Hall–Kier alpha value is -1.36. The average molecular weight is 240 g/mol. The number of hydrogen-bond acceptors (Lipinski definition) is 4. The van der Waals surface area contributed by atoms with Gasteiger partial charge in [-0.15, -0.1) is 0 Å². The number of aromatic nitrogens is 2. The number of aromatic amines is 1. The Morgan fingerprint density at radius 3 is 2.71 bits per heavy atom. The molecule has 0 saturated heterocycles. The highest BCUT2D eigenvalue weighted by molar-refractivity contribution is 5.37. The topological polar surface area (TPSA) is 64.2 Å². The van der Waals surface area contributed by atoms with E-state index in [1.54, 1.807) is 7.11 Å². The van der Waals surface area contributed by atoms with Crippen LogP contribution in [0.1, 0.15) is 32.2 Å². The van der Waals surface area contributed by atoms with E-state index in [0.717, 1.165) is 11.4 Å². The molecule has 96 valence electrons. The lowest BCUT2D eigenvalue weighted by atomic mass is 9.92. The van der Waals surface area contributed by atoms with Gasteiger partial charge in [0, 0.05) is 24.6 Å². The third-order valence-corrected chi connectivity index (χ3v) is 2.45. The summed E-state index contributed by atoms with van der Waals surface area (Å²) >= 11 is 0. The van der Waals surface area contributed by atoms with Gasteiger partial charge in [0.2, 0.25) is 0 Å². The van der Waals surface area contributed by atoms with E-state index in [2.05, 4.69) is 31.0 Å². The summed E-state index contributed by atoms with van der Waals surface area (Å²) in [6.07, 6.45) is 0.307. The number of carbonyl (C=O) groups excluding carboxylic acids is 1. The van der Waals surface area contributed by atoms with E-state index >= 15 is 0 Å². The highest BCUT2D eigenvalue weighted by Gasteiger charge is 2.19. The van der Waals surface area contributed by atoms with Crippen molar-refractivity contribution in [3.63, 3.8) is 0 Å². The summed E-state index contributed by atoms with van der Waals surface area (Å²) in [6, 6.07) is 2.00. The lowest BCUT2D eigenvalue weighted by Gasteiger charge is -2.14. The molecule has 1 rings (SSSR count). The molecule has 0 fully saturated rings. The van der Waals surface area contributed by atoms with Crippen molar-refractivity contribution >= 4 is 6.47 Å². The van der Waals surface area contributed by atoms with Crippen molar-refractivity contribution in [2.75, 3.05) is 13.7 Å². The molecule has 0 aliphatic carbocycles. The fourth-order valence-corrected chi connectivity index (χ4v) is 1.51. The number of nitrogens with zero attached hydrogens (tertiary/aromatic N) is 1. The maximum absolute atomic E-state index is 10.3. The lowest BCUT2D eigenvalue weighted by Crippen LogP contribution is -2.21. The number of H-pyrrole nitrogens is 1. The minimum Gasteiger partial charge on any atom is -0.462 e. The van der Waals surface area contributed by atoms with Gasteiger partial charge >= 0.3 is 0 Å². The standard InChI is InChI=1S/C12H20N2O3/c1-12(2,3)11-6-9(13-14-11)5-10(7-16-4)17-8-15/h6,8,10H,5,7H2,1-4H3,(H,13,14). The minimum absolute atomic E-state index is 0.0109. The van der Waals surface area contributed by atoms with Gasteiger partial charge in [-0.05, 0) is 6.07 Å². The summed E-state index contributed by atoms with van der Waals surface area (Å²) in [6.45, 7) is 7.12. The molecule has 0 amide bonds. The largest absolute Gasteiger partial charge is 0.462 e. The quantitative estimate of drug-likeness (QED) is 0.764. The van der Waals surface area contributed by atoms with Gasteiger partial charge in [-0.3, -0.25) is 9.89 Å². The van der Waals surface area contributed by atoms with Gasteiger partial charge in [0.25, 0.3) is 6.47 Å². The van der Waals surface area contributed by atoms with Crippen molar-refractivity contribution in [2.45, 2.75) is 38.7 Å². The Kier molecular flexibility index (Phi) is 4.69. The normalized spacial score (nSPS) is 13.4. The van der Waals surface area contributed by atoms with Crippen molar-refractivity contribution in [1.82, 2.24) is 10.2 Å². The fourth-order valence-electron chi connectivity index (χ4n) is 1.51. The van der Waals surface area contributed by atoms with Crippen molar-refractivity contribution in [3.05, 3.63) is 17.5 Å². The van der Waals surface area contributed by atoms with Gasteiger partial charge in [-0.2, -0.15) is 5.10 Å². The monoisotopic (exact) mass is 240 g/mol. The first kappa shape index (κ1) is 13.7. The maximum atomic E-state index is 10.3. The average Bonchev–Trinajstić information content (AvgIpc) is 2.66. The Balaban J connectivity index is 2.66. The molecule has 5 heteroatoms. The van der Waals surface area contributed by atoms with Gasteiger partial charge in [0.05, 0.1) is 12.3 Å². The van der Waals surface area contributed by atoms with E-state index in [4.69, 9.17) is 9.47 Å². The Labute approximate surface area is 102 Å².